The number of ether oxygens (including phenoxy) is 1. The fourth-order valence-corrected chi connectivity index (χ4v) is 3.09. The summed E-state index contributed by atoms with van der Waals surface area (Å²) < 4.78 is 6.97. The summed E-state index contributed by atoms with van der Waals surface area (Å²) in [7, 11) is 0. The first-order valence-corrected chi connectivity index (χ1v) is 9.44. The molecule has 2 aromatic rings. The standard InChI is InChI=1S/C22H24ClN3O3/c1-14-9-16(15(2)26(14)19-8-6-7-18(23)11-19)10-17(12-24)21(28)29-13-20(27)25-22(3,4)5/h6-11H,13H2,1-5H3,(H,25,27). The van der Waals surface area contributed by atoms with Gasteiger partial charge in [-0.15, -0.1) is 0 Å². The zero-order valence-corrected chi connectivity index (χ0v) is 17.9. The van der Waals surface area contributed by atoms with Crippen LogP contribution >= 0.6 is 11.6 Å². The lowest BCUT2D eigenvalue weighted by molar-refractivity contribution is -0.144. The minimum absolute atomic E-state index is 0.181. The Morgan fingerprint density at radius 2 is 1.97 bits per heavy atom. The molecule has 0 radical (unpaired) electrons. The van der Waals surface area contributed by atoms with Crippen molar-refractivity contribution in [1.82, 2.24) is 9.88 Å². The third kappa shape index (κ3) is 5.97. The lowest BCUT2D eigenvalue weighted by Crippen LogP contribution is -2.42. The predicted octanol–water partition coefficient (Wildman–Crippen LogP) is 4.11. The van der Waals surface area contributed by atoms with Crippen molar-refractivity contribution < 1.29 is 14.3 Å². The molecule has 0 atom stereocenters. The number of nitriles is 1. The van der Waals surface area contributed by atoms with Gasteiger partial charge in [-0.1, -0.05) is 17.7 Å². The third-order valence-corrected chi connectivity index (χ3v) is 4.26. The molecule has 1 amide bonds. The van der Waals surface area contributed by atoms with Gasteiger partial charge in [0.25, 0.3) is 5.91 Å². The van der Waals surface area contributed by atoms with Crippen molar-refractivity contribution in [2.24, 2.45) is 0 Å². The van der Waals surface area contributed by atoms with Crippen molar-refractivity contribution in [1.29, 1.82) is 5.26 Å². The number of aryl methyl sites for hydroxylation is 1. The fourth-order valence-electron chi connectivity index (χ4n) is 2.90. The summed E-state index contributed by atoms with van der Waals surface area (Å²) in [6.45, 7) is 8.83. The largest absolute Gasteiger partial charge is 0.451 e. The number of hydrogen-bond donors (Lipinski definition) is 1. The summed E-state index contributed by atoms with van der Waals surface area (Å²) >= 11 is 6.09. The van der Waals surface area contributed by atoms with E-state index in [9.17, 15) is 14.9 Å². The first-order chi connectivity index (χ1) is 13.5. The molecule has 1 heterocycles. The van der Waals surface area contributed by atoms with Crippen LogP contribution in [-0.2, 0) is 14.3 Å². The highest BCUT2D eigenvalue weighted by Gasteiger charge is 2.18. The molecular weight excluding hydrogens is 390 g/mol. The van der Waals surface area contributed by atoms with Crippen molar-refractivity contribution in [2.45, 2.75) is 40.2 Å². The number of benzene rings is 1. The van der Waals surface area contributed by atoms with Crippen LogP contribution in [0.3, 0.4) is 0 Å². The van der Waals surface area contributed by atoms with Gasteiger partial charge in [-0.05, 0) is 70.5 Å². The molecule has 0 aliphatic carbocycles. The summed E-state index contributed by atoms with van der Waals surface area (Å²) in [5, 5.41) is 12.7. The monoisotopic (exact) mass is 413 g/mol. The van der Waals surface area contributed by atoms with Gasteiger partial charge >= 0.3 is 5.97 Å². The molecule has 0 saturated heterocycles. The molecule has 1 aromatic heterocycles. The van der Waals surface area contributed by atoms with Gasteiger partial charge in [-0.2, -0.15) is 5.26 Å². The maximum absolute atomic E-state index is 12.2. The Bertz CT molecular complexity index is 1010. The van der Waals surface area contributed by atoms with Crippen LogP contribution in [0.1, 0.15) is 37.7 Å². The molecular formula is C22H24ClN3O3. The van der Waals surface area contributed by atoms with Crippen molar-refractivity contribution >= 4 is 29.6 Å². The maximum atomic E-state index is 12.2. The molecule has 2 rings (SSSR count). The molecule has 1 aromatic carbocycles. The van der Waals surface area contributed by atoms with Gasteiger partial charge in [0.1, 0.15) is 11.6 Å². The van der Waals surface area contributed by atoms with E-state index in [0.29, 0.717) is 10.6 Å². The molecule has 152 valence electrons. The quantitative estimate of drug-likeness (QED) is 0.454. The molecule has 6 nitrogen and oxygen atoms in total. The van der Waals surface area contributed by atoms with Gasteiger partial charge in [0.15, 0.2) is 6.61 Å². The Labute approximate surface area is 175 Å². The van der Waals surface area contributed by atoms with Gasteiger partial charge in [-0.25, -0.2) is 4.79 Å². The molecule has 7 heteroatoms. The Balaban J connectivity index is 2.23. The molecule has 0 spiro atoms. The summed E-state index contributed by atoms with van der Waals surface area (Å²) in [5.41, 5.74) is 2.74. The minimum Gasteiger partial charge on any atom is -0.451 e. The van der Waals surface area contributed by atoms with Gasteiger partial charge in [0.05, 0.1) is 0 Å². The van der Waals surface area contributed by atoms with E-state index in [2.05, 4.69) is 5.32 Å². The summed E-state index contributed by atoms with van der Waals surface area (Å²) in [4.78, 5) is 24.1. The summed E-state index contributed by atoms with van der Waals surface area (Å²) in [6.07, 6.45) is 1.47. The molecule has 0 aliphatic heterocycles. The van der Waals surface area contributed by atoms with E-state index in [1.165, 1.54) is 6.08 Å². The van der Waals surface area contributed by atoms with Gasteiger partial charge < -0.3 is 14.6 Å². The van der Waals surface area contributed by atoms with E-state index in [1.54, 1.807) is 6.07 Å². The molecule has 0 aliphatic rings. The van der Waals surface area contributed by atoms with Crippen LogP contribution < -0.4 is 5.32 Å². The average molecular weight is 414 g/mol. The molecule has 0 bridgehead atoms. The number of carbonyl (C=O) groups is 2. The number of rotatable bonds is 5. The van der Waals surface area contributed by atoms with Crippen LogP contribution in [0.25, 0.3) is 11.8 Å². The average Bonchev–Trinajstić information content (AvgIpc) is 2.89. The van der Waals surface area contributed by atoms with Gasteiger partial charge in [0, 0.05) is 27.6 Å². The number of carbonyl (C=O) groups excluding carboxylic acids is 2. The van der Waals surface area contributed by atoms with Crippen molar-refractivity contribution in [2.75, 3.05) is 6.61 Å². The number of halogens is 1. The lowest BCUT2D eigenvalue weighted by Gasteiger charge is -2.20. The van der Waals surface area contributed by atoms with Crippen LogP contribution in [0.4, 0.5) is 0 Å². The molecule has 0 fully saturated rings. The van der Waals surface area contributed by atoms with Crippen molar-refractivity contribution in [3.63, 3.8) is 0 Å². The number of hydrogen-bond acceptors (Lipinski definition) is 4. The first-order valence-electron chi connectivity index (χ1n) is 9.06. The SMILES string of the molecule is Cc1cc(C=C(C#N)C(=O)OCC(=O)NC(C)(C)C)c(C)n1-c1cccc(Cl)c1. The van der Waals surface area contributed by atoms with E-state index >= 15 is 0 Å². The third-order valence-electron chi connectivity index (χ3n) is 4.03. The summed E-state index contributed by atoms with van der Waals surface area (Å²) in [6, 6.07) is 11.1. The Kier molecular flexibility index (Phi) is 6.89. The van der Waals surface area contributed by atoms with Crippen molar-refractivity contribution in [3.8, 4) is 11.8 Å². The van der Waals surface area contributed by atoms with Crippen LogP contribution in [0, 0.1) is 25.2 Å². The molecule has 0 saturated carbocycles. The highest BCUT2D eigenvalue weighted by molar-refractivity contribution is 6.30. The van der Waals surface area contributed by atoms with E-state index in [4.69, 9.17) is 16.3 Å². The smallest absolute Gasteiger partial charge is 0.349 e. The number of aromatic nitrogens is 1. The van der Waals surface area contributed by atoms with Crippen LogP contribution in [0.5, 0.6) is 0 Å². The first kappa shape index (κ1) is 22.3. The topological polar surface area (TPSA) is 84.1 Å². The lowest BCUT2D eigenvalue weighted by atomic mass is 10.1. The molecule has 29 heavy (non-hydrogen) atoms. The Morgan fingerprint density at radius 1 is 1.28 bits per heavy atom. The zero-order valence-electron chi connectivity index (χ0n) is 17.2. The number of nitrogens with zero attached hydrogens (tertiary/aromatic N) is 2. The molecule has 0 unspecified atom stereocenters. The highest BCUT2D eigenvalue weighted by atomic mass is 35.5. The number of amides is 1. The van der Waals surface area contributed by atoms with Gasteiger partial charge in [-0.3, -0.25) is 4.79 Å². The zero-order chi connectivity index (χ0) is 21.8. The van der Waals surface area contributed by atoms with Crippen LogP contribution in [0.2, 0.25) is 5.02 Å². The highest BCUT2D eigenvalue weighted by Crippen LogP contribution is 2.24. The van der Waals surface area contributed by atoms with Crippen molar-refractivity contribution in [3.05, 3.63) is 57.9 Å². The van der Waals surface area contributed by atoms with Crippen LogP contribution in [-0.4, -0.2) is 28.6 Å². The number of nitrogens with one attached hydrogen (secondary N) is 1. The second kappa shape index (κ2) is 8.97. The van der Waals surface area contributed by atoms with E-state index in [1.807, 2.05) is 69.5 Å². The fraction of sp³-hybridized carbons (Fsp3) is 0.318. The maximum Gasteiger partial charge on any atom is 0.349 e. The second-order valence-corrected chi connectivity index (χ2v) is 8.12. The Hall–Kier alpha value is -3.04. The Morgan fingerprint density at radius 3 is 2.55 bits per heavy atom. The van der Waals surface area contributed by atoms with Gasteiger partial charge in [0.2, 0.25) is 0 Å². The van der Waals surface area contributed by atoms with E-state index in [-0.39, 0.29) is 5.57 Å². The van der Waals surface area contributed by atoms with Crippen LogP contribution in [0.15, 0.2) is 35.9 Å². The minimum atomic E-state index is -0.843. The summed E-state index contributed by atoms with van der Waals surface area (Å²) in [5.74, 6) is -1.27. The van der Waals surface area contributed by atoms with E-state index < -0.39 is 24.0 Å². The molecule has 1 N–H and O–H groups in total. The van der Waals surface area contributed by atoms with E-state index in [0.717, 1.165) is 17.1 Å². The normalized spacial score (nSPS) is 11.7. The predicted molar refractivity (Wildman–Crippen MR) is 113 cm³/mol. The number of esters is 1. The second-order valence-electron chi connectivity index (χ2n) is 7.69.